The van der Waals surface area contributed by atoms with Gasteiger partial charge in [0.25, 0.3) is 5.91 Å². The summed E-state index contributed by atoms with van der Waals surface area (Å²) >= 11 is 1.38. The number of amides is 1. The number of hydrazone groups is 1. The molecule has 2 aliphatic carbocycles. The van der Waals surface area contributed by atoms with Crippen LogP contribution in [0.3, 0.4) is 0 Å². The Morgan fingerprint density at radius 2 is 2.04 bits per heavy atom. The number of carbonyl (C=O) groups excluding carboxylic acids is 1. The van der Waals surface area contributed by atoms with E-state index in [0.29, 0.717) is 16.7 Å². The number of thiophene rings is 1. The first-order valence-corrected chi connectivity index (χ1v) is 8.41. The van der Waals surface area contributed by atoms with Gasteiger partial charge in [0, 0.05) is 16.5 Å². The third kappa shape index (κ3) is 2.72. The zero-order chi connectivity index (χ0) is 15.8. The van der Waals surface area contributed by atoms with Crippen LogP contribution in [0.5, 0.6) is 0 Å². The van der Waals surface area contributed by atoms with E-state index in [4.69, 9.17) is 0 Å². The Morgan fingerprint density at radius 1 is 1.22 bits per heavy atom. The van der Waals surface area contributed by atoms with Crippen LogP contribution in [0.4, 0.5) is 4.39 Å². The summed E-state index contributed by atoms with van der Waals surface area (Å²) in [6.07, 6.45) is 6.41. The van der Waals surface area contributed by atoms with Crippen LogP contribution in [-0.2, 0) is 0 Å². The Hall–Kier alpha value is -2.27. The van der Waals surface area contributed by atoms with E-state index in [1.165, 1.54) is 23.5 Å². The van der Waals surface area contributed by atoms with Gasteiger partial charge in [0.1, 0.15) is 5.82 Å². The molecule has 2 atom stereocenters. The number of hydrogen-bond acceptors (Lipinski definition) is 3. The molecule has 1 saturated carbocycles. The number of benzene rings is 1. The average molecular weight is 326 g/mol. The molecule has 0 radical (unpaired) electrons. The second kappa shape index (κ2) is 5.74. The van der Waals surface area contributed by atoms with Crippen LogP contribution in [0, 0.1) is 17.7 Å². The fourth-order valence-corrected chi connectivity index (χ4v) is 3.97. The Labute approximate surface area is 137 Å². The molecule has 0 saturated heterocycles. The molecule has 5 heteroatoms. The fourth-order valence-electron chi connectivity index (χ4n) is 3.07. The molecule has 1 heterocycles. The van der Waals surface area contributed by atoms with Crippen molar-refractivity contribution >= 4 is 23.0 Å². The van der Waals surface area contributed by atoms with Crippen LogP contribution >= 0.6 is 11.3 Å². The summed E-state index contributed by atoms with van der Waals surface area (Å²) in [6, 6.07) is 9.92. The summed E-state index contributed by atoms with van der Waals surface area (Å²) in [6.45, 7) is 0. The van der Waals surface area contributed by atoms with Gasteiger partial charge < -0.3 is 0 Å². The van der Waals surface area contributed by atoms with Crippen LogP contribution in [0.15, 0.2) is 53.7 Å². The minimum absolute atomic E-state index is 0.190. The molecule has 116 valence electrons. The zero-order valence-corrected chi connectivity index (χ0v) is 13.1. The minimum Gasteiger partial charge on any atom is -0.266 e. The van der Waals surface area contributed by atoms with Crippen molar-refractivity contribution in [3.8, 4) is 10.4 Å². The number of allylic oxidation sites excluding steroid dienone is 2. The second-order valence-electron chi connectivity index (χ2n) is 5.85. The molecule has 1 N–H and O–H groups in total. The van der Waals surface area contributed by atoms with Crippen molar-refractivity contribution in [2.24, 2.45) is 16.9 Å². The molecule has 1 aromatic heterocycles. The van der Waals surface area contributed by atoms with Crippen LogP contribution in [0.2, 0.25) is 0 Å². The normalized spacial score (nSPS) is 23.6. The van der Waals surface area contributed by atoms with Crippen molar-refractivity contribution < 1.29 is 9.18 Å². The lowest BCUT2D eigenvalue weighted by Crippen LogP contribution is -2.35. The maximum atomic E-state index is 13.0. The Balaban J connectivity index is 1.43. The minimum atomic E-state index is -0.265. The van der Waals surface area contributed by atoms with Crippen LogP contribution in [0.25, 0.3) is 10.4 Å². The first-order chi connectivity index (χ1) is 11.2. The molecule has 0 aliphatic heterocycles. The first kappa shape index (κ1) is 14.3. The topological polar surface area (TPSA) is 41.5 Å². The van der Waals surface area contributed by atoms with Crippen LogP contribution in [0.1, 0.15) is 22.5 Å². The summed E-state index contributed by atoms with van der Waals surface area (Å²) < 4.78 is 13.0. The summed E-state index contributed by atoms with van der Waals surface area (Å²) in [7, 11) is 0. The molecule has 1 aromatic carbocycles. The highest BCUT2D eigenvalue weighted by molar-refractivity contribution is 7.17. The summed E-state index contributed by atoms with van der Waals surface area (Å²) in [5.41, 5.74) is 4.65. The van der Waals surface area contributed by atoms with E-state index < -0.39 is 0 Å². The number of nitrogens with one attached hydrogen (secondary N) is 1. The number of nitrogens with zero attached hydrogens (tertiary/aromatic N) is 1. The maximum Gasteiger partial charge on any atom is 0.281 e. The van der Waals surface area contributed by atoms with Gasteiger partial charge in [0.05, 0.1) is 4.88 Å². The van der Waals surface area contributed by atoms with Gasteiger partial charge in [-0.1, -0.05) is 24.3 Å². The van der Waals surface area contributed by atoms with E-state index in [1.54, 1.807) is 18.2 Å². The number of halogens is 1. The van der Waals surface area contributed by atoms with E-state index >= 15 is 0 Å². The molecule has 1 amide bonds. The van der Waals surface area contributed by atoms with E-state index in [0.717, 1.165) is 29.0 Å². The van der Waals surface area contributed by atoms with Gasteiger partial charge in [-0.2, -0.15) is 5.10 Å². The van der Waals surface area contributed by atoms with E-state index in [2.05, 4.69) is 22.7 Å². The average Bonchev–Trinajstić information content (AvgIpc) is 3.16. The monoisotopic (exact) mass is 326 g/mol. The Kier molecular flexibility index (Phi) is 3.58. The molecular formula is C18H15FN2OS. The van der Waals surface area contributed by atoms with E-state index in [-0.39, 0.29) is 11.7 Å². The van der Waals surface area contributed by atoms with Crippen molar-refractivity contribution in [3.63, 3.8) is 0 Å². The van der Waals surface area contributed by atoms with Crippen molar-refractivity contribution in [2.75, 3.05) is 0 Å². The molecule has 4 rings (SSSR count). The number of rotatable bonds is 3. The zero-order valence-electron chi connectivity index (χ0n) is 12.3. The lowest BCUT2D eigenvalue weighted by Gasteiger charge is -2.31. The molecule has 2 aromatic rings. The molecule has 23 heavy (non-hydrogen) atoms. The fraction of sp³-hybridized carbons (Fsp3) is 0.222. The summed E-state index contributed by atoms with van der Waals surface area (Å²) in [5, 5.41) is 4.28. The molecular weight excluding hydrogens is 311 g/mol. The van der Waals surface area contributed by atoms with Crippen LogP contribution < -0.4 is 5.43 Å². The third-order valence-electron chi connectivity index (χ3n) is 4.42. The van der Waals surface area contributed by atoms with E-state index in [1.807, 2.05) is 6.07 Å². The smallest absolute Gasteiger partial charge is 0.266 e. The van der Waals surface area contributed by atoms with Gasteiger partial charge in [0.2, 0.25) is 0 Å². The molecule has 0 bridgehead atoms. The van der Waals surface area contributed by atoms with Gasteiger partial charge in [-0.05, 0) is 48.6 Å². The first-order valence-electron chi connectivity index (χ1n) is 7.60. The molecule has 0 spiro atoms. The lowest BCUT2D eigenvalue weighted by atomic mass is 9.74. The number of carbonyl (C=O) groups is 1. The quantitative estimate of drug-likeness (QED) is 0.665. The SMILES string of the molecule is O=C(N/N=C1/C[C@@H]2C=CC[C@H]12)c1ccc(-c2ccc(F)cc2)s1. The van der Waals surface area contributed by atoms with Crippen molar-refractivity contribution in [2.45, 2.75) is 12.8 Å². The maximum absolute atomic E-state index is 13.0. The Morgan fingerprint density at radius 3 is 2.83 bits per heavy atom. The highest BCUT2D eigenvalue weighted by Crippen LogP contribution is 2.40. The van der Waals surface area contributed by atoms with Crippen LogP contribution in [-0.4, -0.2) is 11.6 Å². The lowest BCUT2D eigenvalue weighted by molar-refractivity contribution is 0.0958. The standard InChI is InChI=1S/C18H15FN2OS/c19-13-6-4-11(5-7-13)16-8-9-17(23-16)18(22)21-20-15-10-12-2-1-3-14(12)15/h1-2,4-9,12,14H,3,10H2,(H,21,22)/b20-15-/t12-,14-/m0/s1. The van der Waals surface area contributed by atoms with Gasteiger partial charge in [0.15, 0.2) is 0 Å². The van der Waals surface area contributed by atoms with Gasteiger partial charge in [-0.15, -0.1) is 11.3 Å². The summed E-state index contributed by atoms with van der Waals surface area (Å²) in [5.74, 6) is 0.662. The number of fused-ring (bicyclic) bond motifs is 1. The molecule has 2 aliphatic rings. The van der Waals surface area contributed by atoms with E-state index in [9.17, 15) is 9.18 Å². The molecule has 1 fully saturated rings. The Bertz CT molecular complexity index is 807. The number of hydrogen-bond donors (Lipinski definition) is 1. The highest BCUT2D eigenvalue weighted by atomic mass is 32.1. The predicted molar refractivity (Wildman–Crippen MR) is 90.0 cm³/mol. The second-order valence-corrected chi connectivity index (χ2v) is 6.94. The molecule has 0 unspecified atom stereocenters. The largest absolute Gasteiger partial charge is 0.281 e. The van der Waals surface area contributed by atoms with Gasteiger partial charge in [-0.3, -0.25) is 4.79 Å². The van der Waals surface area contributed by atoms with Gasteiger partial charge in [-0.25, -0.2) is 9.82 Å². The van der Waals surface area contributed by atoms with Crippen molar-refractivity contribution in [1.29, 1.82) is 0 Å². The summed E-state index contributed by atoms with van der Waals surface area (Å²) in [4.78, 5) is 13.7. The molecule has 3 nitrogen and oxygen atoms in total. The predicted octanol–water partition coefficient (Wildman–Crippen LogP) is 4.24. The van der Waals surface area contributed by atoms with Gasteiger partial charge >= 0.3 is 0 Å². The highest BCUT2D eigenvalue weighted by Gasteiger charge is 2.38. The third-order valence-corrected chi connectivity index (χ3v) is 5.56. The van der Waals surface area contributed by atoms with Crippen molar-refractivity contribution in [3.05, 3.63) is 59.2 Å². The van der Waals surface area contributed by atoms with Crippen molar-refractivity contribution in [1.82, 2.24) is 5.43 Å².